The quantitative estimate of drug-likeness (QED) is 0.422. The van der Waals surface area contributed by atoms with Crippen molar-refractivity contribution < 1.29 is 24.7 Å². The van der Waals surface area contributed by atoms with Gasteiger partial charge in [0, 0.05) is 0 Å². The SMILES string of the molecule is [H-].[H-].[H-].[Ti+3][C]1=CC=CC1. The third-order valence-electron chi connectivity index (χ3n) is 0.771. The number of allylic oxidation sites excluding steroid dienone is 4. The Bertz CT molecular complexity index is 109. The summed E-state index contributed by atoms with van der Waals surface area (Å²) < 4.78 is 1.47. The van der Waals surface area contributed by atoms with Crippen molar-refractivity contribution in [3.63, 3.8) is 0 Å². The molecule has 0 aromatic carbocycles. The second kappa shape index (κ2) is 1.77. The van der Waals surface area contributed by atoms with Gasteiger partial charge < -0.3 is 4.28 Å². The Hall–Kier alpha value is 0.194. The molecule has 0 fully saturated rings. The summed E-state index contributed by atoms with van der Waals surface area (Å²) >= 11 is 2.14. The van der Waals surface area contributed by atoms with Gasteiger partial charge >= 0.3 is 49.0 Å². The van der Waals surface area contributed by atoms with E-state index in [9.17, 15) is 0 Å². The Morgan fingerprint density at radius 1 is 1.83 bits per heavy atom. The van der Waals surface area contributed by atoms with Crippen LogP contribution in [0.4, 0.5) is 0 Å². The molecule has 0 aromatic rings. The van der Waals surface area contributed by atoms with Gasteiger partial charge in [0.25, 0.3) is 0 Å². The van der Waals surface area contributed by atoms with Crippen molar-refractivity contribution in [1.29, 1.82) is 0 Å². The van der Waals surface area contributed by atoms with E-state index in [-0.39, 0.29) is 4.28 Å². The summed E-state index contributed by atoms with van der Waals surface area (Å²) in [6.07, 6.45) is 7.56. The second-order valence-corrected chi connectivity index (χ2v) is 2.33. The zero-order valence-electron chi connectivity index (χ0n) is 6.44. The van der Waals surface area contributed by atoms with Crippen LogP contribution in [0.2, 0.25) is 0 Å². The first kappa shape index (κ1) is 4.36. The zero-order chi connectivity index (χ0) is 4.41. The molecule has 0 aliphatic heterocycles. The summed E-state index contributed by atoms with van der Waals surface area (Å²) in [6.45, 7) is 0. The van der Waals surface area contributed by atoms with E-state index in [1.54, 1.807) is 0 Å². The van der Waals surface area contributed by atoms with Crippen molar-refractivity contribution in [2.24, 2.45) is 0 Å². The van der Waals surface area contributed by atoms with E-state index in [1.807, 2.05) is 0 Å². The summed E-state index contributed by atoms with van der Waals surface area (Å²) in [5.41, 5.74) is 0. The molecule has 0 spiro atoms. The van der Waals surface area contributed by atoms with Crippen LogP contribution >= 0.6 is 0 Å². The fraction of sp³-hybridized carbons (Fsp3) is 0.200. The second-order valence-electron chi connectivity index (χ2n) is 1.32. The Kier molecular flexibility index (Phi) is 1.28. The summed E-state index contributed by atoms with van der Waals surface area (Å²) in [7, 11) is 0. The van der Waals surface area contributed by atoms with Gasteiger partial charge in [-0.3, -0.25) is 0 Å². The molecule has 1 aliphatic rings. The Labute approximate surface area is 53.8 Å². The van der Waals surface area contributed by atoms with Gasteiger partial charge in [-0.2, -0.15) is 0 Å². The van der Waals surface area contributed by atoms with Crippen molar-refractivity contribution in [1.82, 2.24) is 0 Å². The molecule has 0 saturated heterocycles. The van der Waals surface area contributed by atoms with Crippen LogP contribution in [0.3, 0.4) is 0 Å². The van der Waals surface area contributed by atoms with E-state index in [4.69, 9.17) is 0 Å². The first-order valence-electron chi connectivity index (χ1n) is 1.97. The van der Waals surface area contributed by atoms with E-state index in [1.165, 1.54) is 10.3 Å². The molecule has 1 aliphatic carbocycles. The van der Waals surface area contributed by atoms with Crippen molar-refractivity contribution >= 4 is 0 Å². The maximum atomic E-state index is 2.16. The molecular weight excluding hydrogens is 108 g/mol. The van der Waals surface area contributed by atoms with Crippen molar-refractivity contribution in [3.05, 3.63) is 22.1 Å². The summed E-state index contributed by atoms with van der Waals surface area (Å²) in [5.74, 6) is 0. The van der Waals surface area contributed by atoms with Crippen LogP contribution in [0.1, 0.15) is 10.7 Å². The van der Waals surface area contributed by atoms with Gasteiger partial charge in [-0.25, -0.2) is 0 Å². The molecule has 0 bridgehead atoms. The minimum atomic E-state index is 0. The van der Waals surface area contributed by atoms with Crippen LogP contribution < -0.4 is 0 Å². The molecule has 0 amide bonds. The van der Waals surface area contributed by atoms with Crippen LogP contribution in [0.5, 0.6) is 0 Å². The molecule has 0 N–H and O–H groups in total. The Morgan fingerprint density at radius 2 is 2.67 bits per heavy atom. The van der Waals surface area contributed by atoms with Gasteiger partial charge in [-0.1, -0.05) is 0 Å². The first-order chi connectivity index (χ1) is 2.89. The van der Waals surface area contributed by atoms with Crippen molar-refractivity contribution in [3.8, 4) is 0 Å². The molecule has 0 heterocycles. The van der Waals surface area contributed by atoms with Crippen LogP contribution in [-0.4, -0.2) is 0 Å². The van der Waals surface area contributed by atoms with Gasteiger partial charge in [0.15, 0.2) is 0 Å². The predicted molar refractivity (Wildman–Crippen MR) is 25.2 cm³/mol. The third kappa shape index (κ3) is 0.827. The average Bonchev–Trinajstić information content (AvgIpc) is 1.86. The molecule has 0 saturated carbocycles. The number of rotatable bonds is 0. The van der Waals surface area contributed by atoms with Crippen molar-refractivity contribution in [2.75, 3.05) is 0 Å². The monoisotopic (exact) mass is 116 g/mol. The fourth-order valence-electron chi connectivity index (χ4n) is 0.447. The molecule has 0 atom stereocenters. The predicted octanol–water partition coefficient (Wildman–Crippen LogP) is 1.71. The molecule has 0 radical (unpaired) electrons. The van der Waals surface area contributed by atoms with Gasteiger partial charge in [-0.05, 0) is 0 Å². The summed E-state index contributed by atoms with van der Waals surface area (Å²) in [6, 6.07) is 0. The molecule has 1 rings (SSSR count). The van der Waals surface area contributed by atoms with Gasteiger partial charge in [-0.15, -0.1) is 0 Å². The van der Waals surface area contributed by atoms with E-state index in [2.05, 4.69) is 38.7 Å². The topological polar surface area (TPSA) is 0 Å². The molecule has 0 aromatic heterocycles. The van der Waals surface area contributed by atoms with Crippen molar-refractivity contribution in [2.45, 2.75) is 6.42 Å². The van der Waals surface area contributed by atoms with Crippen LogP contribution in [0.25, 0.3) is 0 Å². The van der Waals surface area contributed by atoms with Crippen LogP contribution in [-0.2, 0) is 20.4 Å². The number of hydrogen-bond donors (Lipinski definition) is 0. The Balaban J connectivity index is -0.000000120. The van der Waals surface area contributed by atoms with E-state index < -0.39 is 0 Å². The first-order valence-corrected chi connectivity index (χ1v) is 2.75. The maximum absolute atomic E-state index is 2.16. The minimum absolute atomic E-state index is 0. The number of hydrogen-bond acceptors (Lipinski definition) is 0. The molecule has 32 valence electrons. The molecule has 0 unspecified atom stereocenters. The van der Waals surface area contributed by atoms with Crippen LogP contribution in [0.15, 0.2) is 22.1 Å². The Morgan fingerprint density at radius 3 is 2.83 bits per heavy atom. The summed E-state index contributed by atoms with van der Waals surface area (Å²) in [4.78, 5) is 0. The molecule has 1 heteroatoms. The zero-order valence-corrected chi connectivity index (χ0v) is 5.00. The molecular formula is C5H8Ti. The van der Waals surface area contributed by atoms with E-state index in [0.29, 0.717) is 0 Å². The van der Waals surface area contributed by atoms with Gasteiger partial charge in [0.1, 0.15) is 0 Å². The molecule has 0 nitrogen and oxygen atoms in total. The van der Waals surface area contributed by atoms with Crippen LogP contribution in [0, 0.1) is 0 Å². The van der Waals surface area contributed by atoms with E-state index >= 15 is 0 Å². The standard InChI is InChI=1S/C5H5.Ti.3H/c1-2-4-5-3-1;;;;/h1-3H,4H2;;;;/q;+3;3*-1. The van der Waals surface area contributed by atoms with E-state index in [0.717, 1.165) is 0 Å². The average molecular weight is 116 g/mol. The van der Waals surface area contributed by atoms with Gasteiger partial charge in [0.05, 0.1) is 0 Å². The van der Waals surface area contributed by atoms with Gasteiger partial charge in [0.2, 0.25) is 0 Å². The summed E-state index contributed by atoms with van der Waals surface area (Å²) in [5, 5.41) is 0. The normalized spacial score (nSPS) is 18.7. The third-order valence-corrected chi connectivity index (χ3v) is 1.35. The fourth-order valence-corrected chi connectivity index (χ4v) is 0.782. The molecule has 6 heavy (non-hydrogen) atoms.